The predicted octanol–water partition coefficient (Wildman–Crippen LogP) is 18.4. The van der Waals surface area contributed by atoms with Gasteiger partial charge in [-0.15, -0.1) is 0 Å². The molecular formula is C73H61BN2O. The van der Waals surface area contributed by atoms with Crippen LogP contribution in [0.25, 0.3) is 77.2 Å². The van der Waals surface area contributed by atoms with Crippen molar-refractivity contribution in [3.63, 3.8) is 0 Å². The highest BCUT2D eigenvalue weighted by atomic mass is 16.3. The van der Waals surface area contributed by atoms with Crippen LogP contribution >= 0.6 is 0 Å². The highest BCUT2D eigenvalue weighted by Crippen LogP contribution is 2.59. The fraction of sp³-hybridized carbons (Fsp3) is 0.205. The zero-order chi connectivity index (χ0) is 52.2. The summed E-state index contributed by atoms with van der Waals surface area (Å²) in [5, 5.41) is 4.86. The number of benzene rings is 10. The summed E-state index contributed by atoms with van der Waals surface area (Å²) in [6.45, 7) is 21.6. The molecule has 0 fully saturated rings. The van der Waals surface area contributed by atoms with E-state index in [-0.39, 0.29) is 28.5 Å². The van der Waals surface area contributed by atoms with Crippen LogP contribution in [0.1, 0.15) is 107 Å². The van der Waals surface area contributed by atoms with Crippen molar-refractivity contribution in [1.82, 2.24) is 0 Å². The molecule has 11 aromatic rings. The van der Waals surface area contributed by atoms with Gasteiger partial charge in [0, 0.05) is 61.7 Å². The summed E-state index contributed by atoms with van der Waals surface area (Å²) in [5.41, 5.74) is 30.1. The maximum atomic E-state index is 7.26. The fourth-order valence-electron chi connectivity index (χ4n) is 15.4. The van der Waals surface area contributed by atoms with Crippen LogP contribution in [-0.4, -0.2) is 6.85 Å². The van der Waals surface area contributed by atoms with Crippen molar-refractivity contribution in [3.05, 3.63) is 221 Å². The standard InChI is InChI=1S/C73H61BN2O/c1-42-33-46(43-19-11-10-12-20-43)27-30-61(42)75-63-41-66-52(51-37-58-59(40-65(51)77-66)71(4,5)32-31-70(58,2)3)38-60(63)74-69-64(75)39-53-49-24-16-18-26-56(49)73(8,9)68(53)67(69)54-34-44-21-13-14-22-45(44)35-62(54)76(74)47-28-29-50-48-23-15-17-25-55(48)72(6,7)57(50)36-47/h10-30,33-41H,31-32H2,1-9H3. The first-order valence-electron chi connectivity index (χ1n) is 28.0. The molecule has 16 rings (SSSR count). The van der Waals surface area contributed by atoms with E-state index in [0.717, 1.165) is 29.7 Å². The molecular weight excluding hydrogens is 932 g/mol. The monoisotopic (exact) mass is 992 g/mol. The molecule has 372 valence electrons. The maximum Gasteiger partial charge on any atom is 0.333 e. The molecule has 0 saturated carbocycles. The topological polar surface area (TPSA) is 19.6 Å². The van der Waals surface area contributed by atoms with Crippen LogP contribution in [0.3, 0.4) is 0 Å². The molecule has 10 aromatic carbocycles. The van der Waals surface area contributed by atoms with Crippen molar-refractivity contribution in [1.29, 1.82) is 0 Å². The van der Waals surface area contributed by atoms with Gasteiger partial charge >= 0.3 is 6.85 Å². The minimum Gasteiger partial charge on any atom is -0.456 e. The van der Waals surface area contributed by atoms with Crippen molar-refractivity contribution in [2.24, 2.45) is 0 Å². The van der Waals surface area contributed by atoms with Crippen LogP contribution in [0.5, 0.6) is 0 Å². The van der Waals surface area contributed by atoms with E-state index in [4.69, 9.17) is 4.42 Å². The Balaban J connectivity index is 1.06. The summed E-state index contributed by atoms with van der Waals surface area (Å²) in [6.07, 6.45) is 2.30. The zero-order valence-corrected chi connectivity index (χ0v) is 45.6. The fourth-order valence-corrected chi connectivity index (χ4v) is 15.4. The Labute approximate surface area is 452 Å². The van der Waals surface area contributed by atoms with E-state index in [1.807, 2.05) is 0 Å². The summed E-state index contributed by atoms with van der Waals surface area (Å²) < 4.78 is 7.26. The molecule has 0 bridgehead atoms. The Hall–Kier alpha value is -8.08. The summed E-state index contributed by atoms with van der Waals surface area (Å²) in [7, 11) is 0. The van der Waals surface area contributed by atoms with Crippen molar-refractivity contribution in [2.75, 3.05) is 9.71 Å². The molecule has 0 spiro atoms. The number of hydrogen-bond donors (Lipinski definition) is 0. The minimum atomic E-state index is -0.280. The molecule has 1 aromatic heterocycles. The number of anilines is 5. The molecule has 0 unspecified atom stereocenters. The lowest BCUT2D eigenvalue weighted by molar-refractivity contribution is 0.332. The zero-order valence-electron chi connectivity index (χ0n) is 45.6. The van der Waals surface area contributed by atoms with Crippen LogP contribution in [0.4, 0.5) is 28.4 Å². The third kappa shape index (κ3) is 5.99. The Morgan fingerprint density at radius 2 is 1.05 bits per heavy atom. The van der Waals surface area contributed by atoms with Gasteiger partial charge in [0.25, 0.3) is 0 Å². The van der Waals surface area contributed by atoms with Gasteiger partial charge in [-0.3, -0.25) is 0 Å². The average Bonchev–Trinajstić information content (AvgIpc) is 4.22. The molecule has 0 radical (unpaired) electrons. The van der Waals surface area contributed by atoms with Crippen molar-refractivity contribution >= 4 is 78.9 Å². The van der Waals surface area contributed by atoms with E-state index >= 15 is 0 Å². The van der Waals surface area contributed by atoms with E-state index in [9.17, 15) is 0 Å². The third-order valence-corrected chi connectivity index (χ3v) is 19.5. The van der Waals surface area contributed by atoms with Crippen LogP contribution in [-0.2, 0) is 21.7 Å². The van der Waals surface area contributed by atoms with Gasteiger partial charge in [0.2, 0.25) is 0 Å². The quantitative estimate of drug-likeness (QED) is 0.165. The van der Waals surface area contributed by atoms with Crippen LogP contribution in [0.15, 0.2) is 186 Å². The average molecular weight is 993 g/mol. The number of rotatable bonds is 3. The lowest BCUT2D eigenvalue weighted by atomic mass is 9.42. The molecule has 0 saturated heterocycles. The molecule has 0 amide bonds. The number of furan rings is 1. The van der Waals surface area contributed by atoms with Crippen molar-refractivity contribution in [2.45, 2.75) is 96.8 Å². The molecule has 77 heavy (non-hydrogen) atoms. The van der Waals surface area contributed by atoms with Crippen LogP contribution in [0, 0.1) is 6.92 Å². The summed E-state index contributed by atoms with van der Waals surface area (Å²) in [6, 6.07) is 70.1. The summed E-state index contributed by atoms with van der Waals surface area (Å²) in [5.74, 6) is 0. The molecule has 3 nitrogen and oxygen atoms in total. The number of hydrogen-bond acceptors (Lipinski definition) is 3. The summed E-state index contributed by atoms with van der Waals surface area (Å²) in [4.78, 5) is 5.37. The lowest BCUT2D eigenvalue weighted by Crippen LogP contribution is -2.62. The molecule has 2 aliphatic heterocycles. The van der Waals surface area contributed by atoms with E-state index in [0.29, 0.717) is 0 Å². The van der Waals surface area contributed by atoms with Gasteiger partial charge in [-0.25, -0.2) is 0 Å². The largest absolute Gasteiger partial charge is 0.456 e. The molecule has 3 heterocycles. The first-order chi connectivity index (χ1) is 37.1. The third-order valence-electron chi connectivity index (χ3n) is 19.5. The first-order valence-corrected chi connectivity index (χ1v) is 28.0. The second-order valence-corrected chi connectivity index (χ2v) is 25.5. The van der Waals surface area contributed by atoms with Gasteiger partial charge in [0.05, 0.1) is 0 Å². The first kappa shape index (κ1) is 45.1. The smallest absolute Gasteiger partial charge is 0.333 e. The highest BCUT2D eigenvalue weighted by molar-refractivity contribution is 6.94. The maximum absolute atomic E-state index is 7.26. The Morgan fingerprint density at radius 1 is 0.429 bits per heavy atom. The van der Waals surface area contributed by atoms with Gasteiger partial charge < -0.3 is 14.1 Å². The minimum absolute atomic E-state index is 0.0450. The Morgan fingerprint density at radius 3 is 1.79 bits per heavy atom. The normalized spacial score (nSPS) is 17.1. The number of aryl methyl sites for hydroxylation is 1. The molecule has 0 atom stereocenters. The second-order valence-electron chi connectivity index (χ2n) is 25.5. The van der Waals surface area contributed by atoms with E-state index in [1.165, 1.54) is 139 Å². The number of fused-ring (bicyclic) bond motifs is 16. The van der Waals surface area contributed by atoms with Crippen molar-refractivity contribution < 1.29 is 4.42 Å². The Kier molecular flexibility index (Phi) is 8.86. The molecule has 3 aliphatic carbocycles. The van der Waals surface area contributed by atoms with Gasteiger partial charge in [-0.2, -0.15) is 0 Å². The second kappa shape index (κ2) is 15.1. The number of nitrogens with zero attached hydrogens (tertiary/aromatic N) is 2. The highest BCUT2D eigenvalue weighted by Gasteiger charge is 2.51. The van der Waals surface area contributed by atoms with E-state index in [1.54, 1.807) is 0 Å². The lowest BCUT2D eigenvalue weighted by Gasteiger charge is -2.47. The van der Waals surface area contributed by atoms with Gasteiger partial charge in [-0.1, -0.05) is 177 Å². The molecule has 4 heteroatoms. The van der Waals surface area contributed by atoms with Gasteiger partial charge in [0.1, 0.15) is 11.2 Å². The van der Waals surface area contributed by atoms with Gasteiger partial charge in [-0.05, 0) is 185 Å². The van der Waals surface area contributed by atoms with E-state index in [2.05, 4.69) is 254 Å². The van der Waals surface area contributed by atoms with Crippen molar-refractivity contribution in [3.8, 4) is 44.5 Å². The predicted molar refractivity (Wildman–Crippen MR) is 326 cm³/mol. The van der Waals surface area contributed by atoms with Crippen LogP contribution < -0.4 is 20.6 Å². The SMILES string of the molecule is Cc1cc(-c2ccccc2)ccc1N1c2cc3oc4cc5c(cc4c3cc2B2c3c1cc1c(c3-c3cc4ccccc4cc3N2c2ccc3c(c2)C(C)(C)c2ccccc2-3)C(C)(C)c2ccccc2-1)C(C)(C)CCC5(C)C. The summed E-state index contributed by atoms with van der Waals surface area (Å²) >= 11 is 0. The molecule has 5 aliphatic rings. The Bertz CT molecular complexity index is 4430. The molecule has 0 N–H and O–H groups in total. The van der Waals surface area contributed by atoms with Gasteiger partial charge in [0.15, 0.2) is 0 Å². The van der Waals surface area contributed by atoms with Crippen LogP contribution in [0.2, 0.25) is 0 Å². The van der Waals surface area contributed by atoms with E-state index < -0.39 is 0 Å².